The number of carbonyl (C=O) groups is 2. The molecular weight excluding hydrogens is 358 g/mol. The van der Waals surface area contributed by atoms with Crippen LogP contribution >= 0.6 is 0 Å². The number of ether oxygens (including phenoxy) is 1. The van der Waals surface area contributed by atoms with Crippen molar-refractivity contribution in [1.82, 2.24) is 10.3 Å². The molecule has 1 aliphatic heterocycles. The molecule has 1 atom stereocenters. The highest BCUT2D eigenvalue weighted by Gasteiger charge is 2.28. The summed E-state index contributed by atoms with van der Waals surface area (Å²) in [5.74, 6) is -0.698. The number of anilines is 1. The van der Waals surface area contributed by atoms with Crippen LogP contribution in [-0.2, 0) is 4.79 Å². The first kappa shape index (κ1) is 19.7. The summed E-state index contributed by atoms with van der Waals surface area (Å²) in [4.78, 5) is 27.7. The summed E-state index contributed by atoms with van der Waals surface area (Å²) in [6.07, 6.45) is 5.88. The molecule has 0 saturated heterocycles. The van der Waals surface area contributed by atoms with Crippen LogP contribution in [0.15, 0.2) is 36.5 Å². The van der Waals surface area contributed by atoms with Gasteiger partial charge < -0.3 is 20.5 Å². The molecule has 0 saturated carbocycles. The maximum atomic E-state index is 12.3. The molecule has 28 heavy (non-hydrogen) atoms. The van der Waals surface area contributed by atoms with E-state index in [0.717, 1.165) is 31.4 Å². The minimum atomic E-state index is -0.870. The molecule has 2 aromatic rings. The molecule has 1 aromatic heterocycles. The second kappa shape index (κ2) is 9.21. The molecule has 1 aliphatic rings. The largest absolute Gasteiger partial charge is 0.481 e. The van der Waals surface area contributed by atoms with Gasteiger partial charge in [0.2, 0.25) is 0 Å². The number of aliphatic carboxylic acids is 1. The molecule has 3 N–H and O–H groups in total. The number of carbonyl (C=O) groups excluding carboxylic acids is 1. The van der Waals surface area contributed by atoms with E-state index in [9.17, 15) is 14.7 Å². The molecule has 0 bridgehead atoms. The van der Waals surface area contributed by atoms with Crippen molar-refractivity contribution in [3.05, 3.63) is 47.8 Å². The van der Waals surface area contributed by atoms with Gasteiger partial charge in [-0.3, -0.25) is 14.6 Å². The summed E-state index contributed by atoms with van der Waals surface area (Å²) in [5, 5.41) is 15.3. The number of fused-ring (bicyclic) bond motifs is 1. The molecular formula is C21H25N3O4. The van der Waals surface area contributed by atoms with E-state index in [0.29, 0.717) is 35.8 Å². The second-order valence-corrected chi connectivity index (χ2v) is 6.82. The van der Waals surface area contributed by atoms with Crippen molar-refractivity contribution in [1.29, 1.82) is 0 Å². The number of hydrogen-bond acceptors (Lipinski definition) is 5. The highest BCUT2D eigenvalue weighted by atomic mass is 16.5. The van der Waals surface area contributed by atoms with Crippen LogP contribution in [0.3, 0.4) is 0 Å². The highest BCUT2D eigenvalue weighted by molar-refractivity contribution is 5.92. The average Bonchev–Trinajstić information content (AvgIpc) is 3.11. The molecule has 0 radical (unpaired) electrons. The number of unbranched alkanes of at least 4 members (excludes halogenated alkanes) is 3. The third-order valence-electron chi connectivity index (χ3n) is 4.71. The number of nitrogens with one attached hydrogen (secondary N) is 2. The smallest absolute Gasteiger partial charge is 0.312 e. The van der Waals surface area contributed by atoms with Crippen molar-refractivity contribution in [3.8, 4) is 11.5 Å². The van der Waals surface area contributed by atoms with E-state index in [1.54, 1.807) is 30.3 Å². The van der Waals surface area contributed by atoms with Crippen molar-refractivity contribution in [3.63, 3.8) is 0 Å². The van der Waals surface area contributed by atoms with Crippen LogP contribution in [0.5, 0.6) is 11.5 Å². The second-order valence-electron chi connectivity index (χ2n) is 6.82. The van der Waals surface area contributed by atoms with E-state index < -0.39 is 11.9 Å². The van der Waals surface area contributed by atoms with Crippen molar-refractivity contribution < 1.29 is 19.4 Å². The molecule has 0 aliphatic carbocycles. The van der Waals surface area contributed by atoms with Gasteiger partial charge in [0.25, 0.3) is 5.91 Å². The summed E-state index contributed by atoms with van der Waals surface area (Å²) in [7, 11) is 0. The van der Waals surface area contributed by atoms with Gasteiger partial charge in [0, 0.05) is 31.0 Å². The van der Waals surface area contributed by atoms with Crippen LogP contribution in [0.1, 0.15) is 54.6 Å². The van der Waals surface area contributed by atoms with Crippen LogP contribution in [0.25, 0.3) is 0 Å². The van der Waals surface area contributed by atoms with Gasteiger partial charge in [-0.2, -0.15) is 0 Å². The molecule has 1 unspecified atom stereocenters. The Morgan fingerprint density at radius 1 is 1.21 bits per heavy atom. The number of nitrogens with zero attached hydrogens (tertiary/aromatic N) is 1. The molecule has 1 amide bonds. The number of carboxylic acid groups (broad SMARTS) is 1. The summed E-state index contributed by atoms with van der Waals surface area (Å²) in [6, 6.07) is 8.55. The minimum Gasteiger partial charge on any atom is -0.481 e. The number of carboxylic acids is 1. The number of pyridine rings is 1. The lowest BCUT2D eigenvalue weighted by Crippen LogP contribution is -2.25. The van der Waals surface area contributed by atoms with Crippen LogP contribution < -0.4 is 15.4 Å². The normalized spacial score (nSPS) is 14.8. The number of hydrogen-bond donors (Lipinski definition) is 3. The topological polar surface area (TPSA) is 101 Å². The van der Waals surface area contributed by atoms with Crippen molar-refractivity contribution >= 4 is 17.6 Å². The SMILES string of the molecule is CCCCCCNC(=O)c1cc(Oc2ccc3c(c2)C(C(=O)O)CN3)ccn1. The maximum absolute atomic E-state index is 12.3. The fraction of sp³-hybridized carbons (Fsp3) is 0.381. The van der Waals surface area contributed by atoms with Gasteiger partial charge in [0.05, 0.1) is 0 Å². The Morgan fingerprint density at radius 2 is 2.04 bits per heavy atom. The standard InChI is InChI=1S/C21H25N3O4/c1-2-3-4-5-9-23-20(25)19-12-15(8-10-22-19)28-14-6-7-18-16(11-14)17(13-24-18)21(26)27/h6-8,10-12,17,24H,2-5,9,13H2,1H3,(H,23,25)(H,26,27). The average molecular weight is 383 g/mol. The summed E-state index contributed by atoms with van der Waals surface area (Å²) >= 11 is 0. The third kappa shape index (κ3) is 4.79. The van der Waals surface area contributed by atoms with Gasteiger partial charge in [0.1, 0.15) is 23.1 Å². The molecule has 148 valence electrons. The number of benzene rings is 1. The lowest BCUT2D eigenvalue weighted by atomic mass is 10.0. The monoisotopic (exact) mass is 383 g/mol. The molecule has 7 nitrogen and oxygen atoms in total. The van der Waals surface area contributed by atoms with E-state index in [1.165, 1.54) is 6.20 Å². The maximum Gasteiger partial charge on any atom is 0.312 e. The first-order valence-electron chi connectivity index (χ1n) is 9.61. The van der Waals surface area contributed by atoms with E-state index in [4.69, 9.17) is 4.74 Å². The Balaban J connectivity index is 1.64. The Hall–Kier alpha value is -3.09. The number of aromatic nitrogens is 1. The highest BCUT2D eigenvalue weighted by Crippen LogP contribution is 2.35. The molecule has 0 fully saturated rings. The van der Waals surface area contributed by atoms with Gasteiger partial charge in [-0.15, -0.1) is 0 Å². The predicted octanol–water partition coefficient (Wildman–Crippen LogP) is 3.78. The van der Waals surface area contributed by atoms with Crippen LogP contribution in [0, 0.1) is 0 Å². The zero-order valence-corrected chi connectivity index (χ0v) is 15.9. The molecule has 0 spiro atoms. The van der Waals surface area contributed by atoms with E-state index in [-0.39, 0.29) is 5.91 Å². The summed E-state index contributed by atoms with van der Waals surface area (Å²) in [6.45, 7) is 3.14. The predicted molar refractivity (Wildman–Crippen MR) is 106 cm³/mol. The number of rotatable bonds is 9. The van der Waals surface area contributed by atoms with Crippen LogP contribution in [0.2, 0.25) is 0 Å². The molecule has 1 aromatic carbocycles. The van der Waals surface area contributed by atoms with Crippen molar-refractivity contribution in [2.75, 3.05) is 18.4 Å². The molecule has 7 heteroatoms. The van der Waals surface area contributed by atoms with Crippen molar-refractivity contribution in [2.24, 2.45) is 0 Å². The first-order valence-corrected chi connectivity index (χ1v) is 9.61. The summed E-state index contributed by atoms with van der Waals surface area (Å²) < 4.78 is 5.84. The molecule has 3 rings (SSSR count). The van der Waals surface area contributed by atoms with E-state index in [1.807, 2.05) is 0 Å². The summed E-state index contributed by atoms with van der Waals surface area (Å²) in [5.41, 5.74) is 1.79. The van der Waals surface area contributed by atoms with E-state index >= 15 is 0 Å². The lowest BCUT2D eigenvalue weighted by Gasteiger charge is -2.10. The van der Waals surface area contributed by atoms with Crippen LogP contribution in [0.4, 0.5) is 5.69 Å². The van der Waals surface area contributed by atoms with Crippen LogP contribution in [-0.4, -0.2) is 35.1 Å². The minimum absolute atomic E-state index is 0.231. The fourth-order valence-corrected chi connectivity index (χ4v) is 3.18. The van der Waals surface area contributed by atoms with Crippen molar-refractivity contribution in [2.45, 2.75) is 38.5 Å². The van der Waals surface area contributed by atoms with Gasteiger partial charge in [0.15, 0.2) is 0 Å². The quantitative estimate of drug-likeness (QED) is 0.570. The lowest BCUT2D eigenvalue weighted by molar-refractivity contribution is -0.138. The Bertz CT molecular complexity index is 853. The van der Waals surface area contributed by atoms with E-state index in [2.05, 4.69) is 22.5 Å². The first-order chi connectivity index (χ1) is 13.6. The zero-order valence-electron chi connectivity index (χ0n) is 15.9. The Kier molecular flexibility index (Phi) is 6.47. The van der Waals surface area contributed by atoms with Gasteiger partial charge in [-0.05, 0) is 36.2 Å². The zero-order chi connectivity index (χ0) is 19.9. The van der Waals surface area contributed by atoms with Gasteiger partial charge in [-0.25, -0.2) is 0 Å². The van der Waals surface area contributed by atoms with Gasteiger partial charge in [-0.1, -0.05) is 26.2 Å². The number of amides is 1. The van der Waals surface area contributed by atoms with Gasteiger partial charge >= 0.3 is 5.97 Å². The fourth-order valence-electron chi connectivity index (χ4n) is 3.18. The Labute approximate surface area is 164 Å². The third-order valence-corrected chi connectivity index (χ3v) is 4.71. The molecule has 2 heterocycles. The Morgan fingerprint density at radius 3 is 2.82 bits per heavy atom.